The first-order valence-corrected chi connectivity index (χ1v) is 12.0. The Morgan fingerprint density at radius 3 is 2.56 bits per heavy atom. The van der Waals surface area contributed by atoms with Crippen molar-refractivity contribution in [3.63, 3.8) is 0 Å². The maximum Gasteiger partial charge on any atom is 0.274 e. The van der Waals surface area contributed by atoms with Gasteiger partial charge in [0.05, 0.1) is 22.6 Å². The number of methoxy groups -OCH3 is 1. The van der Waals surface area contributed by atoms with Crippen molar-refractivity contribution in [3.05, 3.63) is 18.2 Å². The van der Waals surface area contributed by atoms with Crippen molar-refractivity contribution in [1.82, 2.24) is 9.29 Å². The number of nitrogens with zero attached hydrogens (tertiary/aromatic N) is 2. The zero-order valence-corrected chi connectivity index (χ0v) is 17.2. The van der Waals surface area contributed by atoms with Gasteiger partial charge in [0.1, 0.15) is 11.9 Å². The van der Waals surface area contributed by atoms with Crippen LogP contribution in [0.4, 0.5) is 0 Å². The molecule has 148 valence electrons. The lowest BCUT2D eigenvalue weighted by atomic mass is 10.0. The third-order valence-corrected chi connectivity index (χ3v) is 8.89. The van der Waals surface area contributed by atoms with Gasteiger partial charge in [0.15, 0.2) is 0 Å². The Morgan fingerprint density at radius 1 is 1.11 bits per heavy atom. The van der Waals surface area contributed by atoms with Crippen LogP contribution in [-0.4, -0.2) is 49.3 Å². The van der Waals surface area contributed by atoms with Gasteiger partial charge in [-0.2, -0.15) is 0 Å². The largest absolute Gasteiger partial charge is 0.497 e. The second-order valence-electron chi connectivity index (χ2n) is 7.33. The summed E-state index contributed by atoms with van der Waals surface area (Å²) in [5.41, 5.74) is 0.896. The van der Waals surface area contributed by atoms with Gasteiger partial charge in [-0.1, -0.05) is 30.6 Å². The number of thiazole rings is 1. The van der Waals surface area contributed by atoms with Gasteiger partial charge in [0, 0.05) is 13.1 Å². The topological polar surface area (TPSA) is 68.7 Å². The smallest absolute Gasteiger partial charge is 0.274 e. The Hall–Kier alpha value is -1.38. The van der Waals surface area contributed by atoms with Crippen molar-refractivity contribution < 1.29 is 17.9 Å². The summed E-state index contributed by atoms with van der Waals surface area (Å²) in [6, 6.07) is 5.77. The number of hydrogen-bond donors (Lipinski definition) is 0. The highest BCUT2D eigenvalue weighted by Crippen LogP contribution is 2.33. The molecule has 8 heteroatoms. The number of sulfonamides is 1. The Morgan fingerprint density at radius 2 is 1.85 bits per heavy atom. The molecule has 0 amide bonds. The maximum absolute atomic E-state index is 12.8. The first-order valence-electron chi connectivity index (χ1n) is 9.66. The van der Waals surface area contributed by atoms with Crippen LogP contribution in [0.15, 0.2) is 18.2 Å². The zero-order valence-electron chi connectivity index (χ0n) is 15.6. The Labute approximate surface area is 164 Å². The van der Waals surface area contributed by atoms with Gasteiger partial charge in [-0.05, 0) is 43.9 Å². The van der Waals surface area contributed by atoms with Crippen LogP contribution in [0.1, 0.15) is 44.9 Å². The Bertz CT molecular complexity index is 882. The van der Waals surface area contributed by atoms with Crippen LogP contribution in [0.3, 0.4) is 0 Å². The molecule has 1 aromatic carbocycles. The van der Waals surface area contributed by atoms with Crippen LogP contribution in [0, 0.1) is 0 Å². The van der Waals surface area contributed by atoms with E-state index < -0.39 is 10.0 Å². The van der Waals surface area contributed by atoms with Gasteiger partial charge < -0.3 is 9.47 Å². The summed E-state index contributed by atoms with van der Waals surface area (Å²) in [6.45, 7) is 1.09. The number of rotatable bonds is 5. The summed E-state index contributed by atoms with van der Waals surface area (Å²) < 4.78 is 39.7. The maximum atomic E-state index is 12.8. The third kappa shape index (κ3) is 4.07. The zero-order chi connectivity index (χ0) is 18.9. The van der Waals surface area contributed by atoms with Crippen molar-refractivity contribution in [3.8, 4) is 10.9 Å². The number of piperidine rings is 1. The summed E-state index contributed by atoms with van der Waals surface area (Å²) in [5.74, 6) is 0.805. The lowest BCUT2D eigenvalue weighted by Gasteiger charge is -2.34. The van der Waals surface area contributed by atoms with E-state index in [-0.39, 0.29) is 11.4 Å². The molecule has 1 aromatic heterocycles. The van der Waals surface area contributed by atoms with Gasteiger partial charge in [-0.25, -0.2) is 17.7 Å². The van der Waals surface area contributed by atoms with Crippen LogP contribution in [0.5, 0.6) is 10.9 Å². The molecule has 2 aliphatic rings. The van der Waals surface area contributed by atoms with Gasteiger partial charge in [0.25, 0.3) is 5.19 Å². The molecule has 0 spiro atoms. The fraction of sp³-hybridized carbons (Fsp3) is 0.632. The highest BCUT2D eigenvalue weighted by molar-refractivity contribution is 7.89. The Balaban J connectivity index is 1.36. The predicted octanol–water partition coefficient (Wildman–Crippen LogP) is 3.81. The van der Waals surface area contributed by atoms with Gasteiger partial charge in [-0.15, -0.1) is 0 Å². The van der Waals surface area contributed by atoms with Crippen molar-refractivity contribution in [2.24, 2.45) is 0 Å². The van der Waals surface area contributed by atoms with E-state index in [1.807, 2.05) is 18.2 Å². The summed E-state index contributed by atoms with van der Waals surface area (Å²) in [6.07, 6.45) is 6.30. The van der Waals surface area contributed by atoms with Crippen molar-refractivity contribution in [2.45, 2.75) is 56.3 Å². The molecule has 2 fully saturated rings. The normalized spacial score (nSPS) is 20.8. The lowest BCUT2D eigenvalue weighted by Crippen LogP contribution is -2.46. The summed E-state index contributed by atoms with van der Waals surface area (Å²) in [5, 5.41) is 0.467. The number of hydrogen-bond acceptors (Lipinski definition) is 6. The second kappa shape index (κ2) is 7.93. The number of fused-ring (bicyclic) bond motifs is 1. The predicted molar refractivity (Wildman–Crippen MR) is 107 cm³/mol. The Kier molecular flexibility index (Phi) is 5.57. The van der Waals surface area contributed by atoms with E-state index in [4.69, 9.17) is 9.47 Å². The quantitative estimate of drug-likeness (QED) is 0.750. The molecule has 0 atom stereocenters. The molecule has 0 radical (unpaired) electrons. The molecule has 2 aromatic rings. The summed E-state index contributed by atoms with van der Waals surface area (Å²) in [4.78, 5) is 4.53. The minimum absolute atomic E-state index is 0.0188. The highest BCUT2D eigenvalue weighted by atomic mass is 32.2. The fourth-order valence-electron chi connectivity index (χ4n) is 3.98. The molecular formula is C19H26N2O4S2. The first-order chi connectivity index (χ1) is 13.1. The van der Waals surface area contributed by atoms with Gasteiger partial charge in [0.2, 0.25) is 10.0 Å². The standard InChI is InChI=1S/C19H26N2O4S2/c1-24-15-7-8-17-18(13-15)26-19(20-17)25-14-9-11-21(12-10-14)27(22,23)16-5-3-2-4-6-16/h7-8,13-14,16H,2-6,9-12H2,1H3. The molecule has 0 bridgehead atoms. The third-order valence-electron chi connectivity index (χ3n) is 5.58. The van der Waals surface area contributed by atoms with Gasteiger partial charge in [-0.3, -0.25) is 0 Å². The fourth-order valence-corrected chi connectivity index (χ4v) is 6.96. The van der Waals surface area contributed by atoms with Crippen LogP contribution < -0.4 is 9.47 Å². The summed E-state index contributed by atoms with van der Waals surface area (Å²) >= 11 is 1.50. The molecule has 6 nitrogen and oxygen atoms in total. The molecule has 1 aliphatic carbocycles. The van der Waals surface area contributed by atoms with Crippen molar-refractivity contribution in [1.29, 1.82) is 0 Å². The average Bonchev–Trinajstić information content (AvgIpc) is 3.10. The molecule has 0 N–H and O–H groups in total. The van der Waals surface area contributed by atoms with E-state index in [1.165, 1.54) is 11.3 Å². The van der Waals surface area contributed by atoms with Crippen molar-refractivity contribution >= 4 is 31.6 Å². The second-order valence-corrected chi connectivity index (χ2v) is 10.5. The number of benzene rings is 1. The van der Waals surface area contributed by atoms with Crippen LogP contribution in [0.25, 0.3) is 10.2 Å². The highest BCUT2D eigenvalue weighted by Gasteiger charge is 2.35. The van der Waals surface area contributed by atoms with Crippen molar-refractivity contribution in [2.75, 3.05) is 20.2 Å². The monoisotopic (exact) mass is 410 g/mol. The lowest BCUT2D eigenvalue weighted by molar-refractivity contribution is 0.134. The minimum Gasteiger partial charge on any atom is -0.497 e. The molecule has 2 heterocycles. The molecule has 1 aliphatic heterocycles. The molecule has 27 heavy (non-hydrogen) atoms. The van der Waals surface area contributed by atoms with E-state index in [0.29, 0.717) is 31.1 Å². The molecular weight excluding hydrogens is 384 g/mol. The van der Waals surface area contributed by atoms with E-state index in [2.05, 4.69) is 4.98 Å². The van der Waals surface area contributed by atoms with E-state index in [1.54, 1.807) is 11.4 Å². The minimum atomic E-state index is -3.16. The van der Waals surface area contributed by atoms with E-state index >= 15 is 0 Å². The molecule has 4 rings (SSSR count). The van der Waals surface area contributed by atoms with Crippen LogP contribution >= 0.6 is 11.3 Å². The van der Waals surface area contributed by atoms with Gasteiger partial charge >= 0.3 is 0 Å². The summed E-state index contributed by atoms with van der Waals surface area (Å²) in [7, 11) is -1.51. The SMILES string of the molecule is COc1ccc2nc(OC3CCN(S(=O)(=O)C4CCCCC4)CC3)sc2c1. The molecule has 0 unspecified atom stereocenters. The van der Waals surface area contributed by atoms with Crippen LogP contribution in [0.2, 0.25) is 0 Å². The molecule has 1 saturated carbocycles. The first kappa shape index (κ1) is 19.0. The van der Waals surface area contributed by atoms with E-state index in [9.17, 15) is 8.42 Å². The van der Waals surface area contributed by atoms with E-state index in [0.717, 1.165) is 48.1 Å². The van der Waals surface area contributed by atoms with Crippen LogP contribution in [-0.2, 0) is 10.0 Å². The number of aromatic nitrogens is 1. The average molecular weight is 411 g/mol. The molecule has 1 saturated heterocycles. The number of ether oxygens (including phenoxy) is 2.